The quantitative estimate of drug-likeness (QED) is 0.456. The van der Waals surface area contributed by atoms with Gasteiger partial charge in [-0.2, -0.15) is 0 Å². The van der Waals surface area contributed by atoms with Crippen molar-refractivity contribution in [3.05, 3.63) is 107 Å². The van der Waals surface area contributed by atoms with Crippen LogP contribution in [0.2, 0.25) is 0 Å². The first-order valence-corrected chi connectivity index (χ1v) is 10.2. The van der Waals surface area contributed by atoms with Gasteiger partial charge in [0.15, 0.2) is 0 Å². The fourth-order valence-corrected chi connectivity index (χ4v) is 3.71. The number of carbonyl (C=O) groups excluding carboxylic acids is 1. The van der Waals surface area contributed by atoms with E-state index < -0.39 is 0 Å². The van der Waals surface area contributed by atoms with Gasteiger partial charge in [-0.05, 0) is 65.2 Å². The summed E-state index contributed by atoms with van der Waals surface area (Å²) in [6, 6.07) is 28.9. The molecule has 0 aliphatic carbocycles. The number of aryl methyl sites for hydroxylation is 1. The van der Waals surface area contributed by atoms with Gasteiger partial charge in [0.2, 0.25) is 0 Å². The second-order valence-electron chi connectivity index (χ2n) is 7.63. The Labute approximate surface area is 177 Å². The van der Waals surface area contributed by atoms with Crippen molar-refractivity contribution in [2.75, 3.05) is 7.05 Å². The highest BCUT2D eigenvalue weighted by Crippen LogP contribution is 2.22. The van der Waals surface area contributed by atoms with Gasteiger partial charge in [-0.1, -0.05) is 72.3 Å². The number of hydrogen-bond acceptors (Lipinski definition) is 2. The Morgan fingerprint density at radius 1 is 0.800 bits per heavy atom. The molecule has 30 heavy (non-hydrogen) atoms. The Kier molecular flexibility index (Phi) is 5.92. The van der Waals surface area contributed by atoms with E-state index in [1.165, 1.54) is 21.9 Å². The molecule has 1 amide bonds. The van der Waals surface area contributed by atoms with Crippen molar-refractivity contribution in [2.24, 2.45) is 0 Å². The minimum Gasteiger partial charge on any atom is -0.348 e. The molecule has 3 nitrogen and oxygen atoms in total. The first kappa shape index (κ1) is 19.9. The highest BCUT2D eigenvalue weighted by atomic mass is 16.1. The summed E-state index contributed by atoms with van der Waals surface area (Å²) in [6.07, 6.45) is 0. The third-order valence-corrected chi connectivity index (χ3v) is 5.39. The molecule has 150 valence electrons. The molecule has 3 heteroatoms. The van der Waals surface area contributed by atoms with Crippen LogP contribution in [-0.4, -0.2) is 13.0 Å². The summed E-state index contributed by atoms with van der Waals surface area (Å²) in [6.45, 7) is 3.42. The lowest BCUT2D eigenvalue weighted by molar-refractivity contribution is 0.0951. The average molecular weight is 395 g/mol. The number of carbonyl (C=O) groups is 1. The zero-order valence-electron chi connectivity index (χ0n) is 17.4. The molecule has 0 unspecified atom stereocenters. The Hall–Kier alpha value is -3.43. The van der Waals surface area contributed by atoms with Crippen LogP contribution in [0.4, 0.5) is 0 Å². The molecule has 2 N–H and O–H groups in total. The van der Waals surface area contributed by atoms with E-state index in [1.54, 1.807) is 0 Å². The maximum absolute atomic E-state index is 12.7. The zero-order valence-corrected chi connectivity index (χ0v) is 17.4. The number of rotatable bonds is 6. The van der Waals surface area contributed by atoms with E-state index in [4.69, 9.17) is 0 Å². The lowest BCUT2D eigenvalue weighted by Crippen LogP contribution is -2.22. The van der Waals surface area contributed by atoms with E-state index in [9.17, 15) is 4.79 Å². The van der Waals surface area contributed by atoms with Crippen molar-refractivity contribution in [3.8, 4) is 11.1 Å². The van der Waals surface area contributed by atoms with E-state index in [2.05, 4.69) is 72.2 Å². The molecule has 4 rings (SSSR count). The number of amides is 1. The van der Waals surface area contributed by atoms with Crippen molar-refractivity contribution in [1.82, 2.24) is 10.6 Å². The van der Waals surface area contributed by atoms with Gasteiger partial charge in [0.25, 0.3) is 5.91 Å². The number of hydrogen-bond donors (Lipinski definition) is 2. The highest BCUT2D eigenvalue weighted by molar-refractivity contribution is 5.95. The van der Waals surface area contributed by atoms with Crippen molar-refractivity contribution < 1.29 is 4.79 Å². The first-order chi connectivity index (χ1) is 14.6. The van der Waals surface area contributed by atoms with Gasteiger partial charge in [-0.25, -0.2) is 0 Å². The van der Waals surface area contributed by atoms with E-state index in [1.807, 2.05) is 37.4 Å². The smallest absolute Gasteiger partial charge is 0.251 e. The largest absolute Gasteiger partial charge is 0.348 e. The predicted molar refractivity (Wildman–Crippen MR) is 124 cm³/mol. The number of nitrogens with one attached hydrogen (secondary N) is 2. The standard InChI is InChI=1S/C27H26N2O/c1-19-6-9-21(10-7-19)22-11-13-23(14-12-22)27(30)29-18-25-5-3-4-24-16-20(17-28-2)8-15-26(24)25/h3-16,28H,17-18H2,1-2H3,(H,29,30). The van der Waals surface area contributed by atoms with Crippen LogP contribution < -0.4 is 10.6 Å². The lowest BCUT2D eigenvalue weighted by Gasteiger charge is -2.10. The van der Waals surface area contributed by atoms with Gasteiger partial charge in [-0.15, -0.1) is 0 Å². The van der Waals surface area contributed by atoms with Gasteiger partial charge in [-0.3, -0.25) is 4.79 Å². The highest BCUT2D eigenvalue weighted by Gasteiger charge is 2.08. The topological polar surface area (TPSA) is 41.1 Å². The zero-order chi connectivity index (χ0) is 20.9. The van der Waals surface area contributed by atoms with Crippen LogP contribution in [-0.2, 0) is 13.1 Å². The predicted octanol–water partition coefficient (Wildman–Crippen LogP) is 5.46. The SMILES string of the molecule is CNCc1ccc2c(CNC(=O)c3ccc(-c4ccc(C)cc4)cc3)cccc2c1. The minimum absolute atomic E-state index is 0.0609. The second-order valence-corrected chi connectivity index (χ2v) is 7.63. The molecule has 0 aromatic heterocycles. The maximum Gasteiger partial charge on any atom is 0.251 e. The minimum atomic E-state index is -0.0609. The molecule has 0 aliphatic heterocycles. The fraction of sp³-hybridized carbons (Fsp3) is 0.148. The molecule has 4 aromatic rings. The van der Waals surface area contributed by atoms with Crippen molar-refractivity contribution in [2.45, 2.75) is 20.0 Å². The molecule has 0 fully saturated rings. The Morgan fingerprint density at radius 3 is 2.20 bits per heavy atom. The second kappa shape index (κ2) is 8.93. The molecule has 0 saturated carbocycles. The summed E-state index contributed by atoms with van der Waals surface area (Å²) >= 11 is 0. The molecule has 0 spiro atoms. The van der Waals surface area contributed by atoms with Gasteiger partial charge in [0.05, 0.1) is 0 Å². The van der Waals surface area contributed by atoms with E-state index in [0.29, 0.717) is 12.1 Å². The summed E-state index contributed by atoms with van der Waals surface area (Å²) < 4.78 is 0. The number of benzene rings is 4. The summed E-state index contributed by atoms with van der Waals surface area (Å²) in [5, 5.41) is 8.61. The normalized spacial score (nSPS) is 10.9. The lowest BCUT2D eigenvalue weighted by atomic mass is 10.0. The van der Waals surface area contributed by atoms with Crippen LogP contribution >= 0.6 is 0 Å². The summed E-state index contributed by atoms with van der Waals surface area (Å²) in [7, 11) is 1.95. The molecule has 4 aromatic carbocycles. The van der Waals surface area contributed by atoms with Crippen LogP contribution in [0.15, 0.2) is 84.9 Å². The van der Waals surface area contributed by atoms with Crippen LogP contribution in [0, 0.1) is 6.92 Å². The maximum atomic E-state index is 12.7. The van der Waals surface area contributed by atoms with Gasteiger partial charge in [0, 0.05) is 18.7 Å². The van der Waals surface area contributed by atoms with Crippen LogP contribution in [0.25, 0.3) is 21.9 Å². The van der Waals surface area contributed by atoms with Crippen LogP contribution in [0.3, 0.4) is 0 Å². The van der Waals surface area contributed by atoms with Crippen molar-refractivity contribution in [3.63, 3.8) is 0 Å². The first-order valence-electron chi connectivity index (χ1n) is 10.2. The van der Waals surface area contributed by atoms with Gasteiger partial charge >= 0.3 is 0 Å². The van der Waals surface area contributed by atoms with E-state index >= 15 is 0 Å². The molecule has 0 aliphatic rings. The third kappa shape index (κ3) is 4.42. The van der Waals surface area contributed by atoms with Gasteiger partial charge < -0.3 is 10.6 Å². The summed E-state index contributed by atoms with van der Waals surface area (Å²) in [4.78, 5) is 12.7. The Morgan fingerprint density at radius 2 is 1.50 bits per heavy atom. The van der Waals surface area contributed by atoms with E-state index in [0.717, 1.165) is 23.2 Å². The molecule has 0 atom stereocenters. The van der Waals surface area contributed by atoms with Crippen molar-refractivity contribution >= 4 is 16.7 Å². The molecule has 0 heterocycles. The van der Waals surface area contributed by atoms with Crippen molar-refractivity contribution in [1.29, 1.82) is 0 Å². The Balaban J connectivity index is 1.46. The van der Waals surface area contributed by atoms with Crippen LogP contribution in [0.1, 0.15) is 27.0 Å². The molecular formula is C27H26N2O. The average Bonchev–Trinajstić information content (AvgIpc) is 2.78. The molecule has 0 saturated heterocycles. The third-order valence-electron chi connectivity index (χ3n) is 5.39. The fourth-order valence-electron chi connectivity index (χ4n) is 3.71. The Bertz CT molecular complexity index is 1160. The van der Waals surface area contributed by atoms with Crippen LogP contribution in [0.5, 0.6) is 0 Å². The van der Waals surface area contributed by atoms with Gasteiger partial charge in [0.1, 0.15) is 0 Å². The molecule has 0 radical (unpaired) electrons. The molecular weight excluding hydrogens is 368 g/mol. The summed E-state index contributed by atoms with van der Waals surface area (Å²) in [5.41, 5.74) is 6.54. The molecule has 0 bridgehead atoms. The van der Waals surface area contributed by atoms with E-state index in [-0.39, 0.29) is 5.91 Å². The number of fused-ring (bicyclic) bond motifs is 1. The summed E-state index contributed by atoms with van der Waals surface area (Å²) in [5.74, 6) is -0.0609. The monoisotopic (exact) mass is 394 g/mol.